The summed E-state index contributed by atoms with van der Waals surface area (Å²) in [4.78, 5) is 40.7. The summed E-state index contributed by atoms with van der Waals surface area (Å²) < 4.78 is 5.64. The number of carbonyl (C=O) groups is 3. The zero-order valence-corrected chi connectivity index (χ0v) is 20.4. The van der Waals surface area contributed by atoms with Crippen LogP contribution in [-0.2, 0) is 14.3 Å². The van der Waals surface area contributed by atoms with Crippen LogP contribution in [0.5, 0.6) is 0 Å². The van der Waals surface area contributed by atoms with Crippen molar-refractivity contribution in [2.75, 3.05) is 40.3 Å². The second-order valence-corrected chi connectivity index (χ2v) is 9.86. The number of alkyl carbamates (subject to hydrolysis) is 1. The number of nitrogens with one attached hydrogen (secondary N) is 1. The number of amides is 2. The molecular formula is C27H33N3O5. The number of carbonyl (C=O) groups excluding carboxylic acids is 2. The minimum Gasteiger partial charge on any atom is -0.481 e. The minimum absolute atomic E-state index is 0.0309. The van der Waals surface area contributed by atoms with Crippen molar-refractivity contribution in [1.29, 1.82) is 0 Å². The van der Waals surface area contributed by atoms with Crippen LogP contribution in [0.4, 0.5) is 4.79 Å². The fourth-order valence-corrected chi connectivity index (χ4v) is 5.26. The number of carboxylic acids is 1. The lowest BCUT2D eigenvalue weighted by Gasteiger charge is -2.26. The highest BCUT2D eigenvalue weighted by Gasteiger charge is 2.37. The average Bonchev–Trinajstić information content (AvgIpc) is 3.33. The molecule has 2 N–H and O–H groups in total. The van der Waals surface area contributed by atoms with Crippen LogP contribution in [0.1, 0.15) is 30.4 Å². The topological polar surface area (TPSA) is 99.2 Å². The van der Waals surface area contributed by atoms with E-state index in [2.05, 4.69) is 29.6 Å². The molecule has 2 aromatic rings. The Morgan fingerprint density at radius 3 is 2.23 bits per heavy atom. The first-order valence-corrected chi connectivity index (χ1v) is 12.0. The molecule has 0 radical (unpaired) electrons. The van der Waals surface area contributed by atoms with E-state index in [0.717, 1.165) is 22.3 Å². The average molecular weight is 480 g/mol. The summed E-state index contributed by atoms with van der Waals surface area (Å²) in [5, 5.41) is 11.9. The van der Waals surface area contributed by atoms with Crippen molar-refractivity contribution in [2.45, 2.75) is 25.3 Å². The molecule has 0 bridgehead atoms. The van der Waals surface area contributed by atoms with Crippen molar-refractivity contribution in [3.63, 3.8) is 0 Å². The van der Waals surface area contributed by atoms with Crippen LogP contribution in [0, 0.1) is 11.8 Å². The van der Waals surface area contributed by atoms with Gasteiger partial charge in [-0.2, -0.15) is 0 Å². The summed E-state index contributed by atoms with van der Waals surface area (Å²) >= 11 is 0. The first kappa shape index (κ1) is 24.7. The highest BCUT2D eigenvalue weighted by atomic mass is 16.5. The maximum absolute atomic E-state index is 13.3. The van der Waals surface area contributed by atoms with Crippen molar-refractivity contribution in [1.82, 2.24) is 15.1 Å². The van der Waals surface area contributed by atoms with Crippen molar-refractivity contribution >= 4 is 18.0 Å². The number of ether oxygens (including phenoxy) is 1. The van der Waals surface area contributed by atoms with Gasteiger partial charge in [-0.25, -0.2) is 4.79 Å². The van der Waals surface area contributed by atoms with Gasteiger partial charge < -0.3 is 25.0 Å². The van der Waals surface area contributed by atoms with Gasteiger partial charge in [-0.1, -0.05) is 55.5 Å². The summed E-state index contributed by atoms with van der Waals surface area (Å²) in [6.45, 7) is 3.30. The third-order valence-corrected chi connectivity index (χ3v) is 7.00. The molecule has 1 aliphatic carbocycles. The maximum atomic E-state index is 13.3. The van der Waals surface area contributed by atoms with Crippen LogP contribution in [0.2, 0.25) is 0 Å². The normalized spacial score (nSPS) is 19.8. The smallest absolute Gasteiger partial charge is 0.407 e. The van der Waals surface area contributed by atoms with Crippen LogP contribution >= 0.6 is 0 Å². The fourth-order valence-electron chi connectivity index (χ4n) is 5.26. The monoisotopic (exact) mass is 479 g/mol. The number of hydrogen-bond acceptors (Lipinski definition) is 5. The van der Waals surface area contributed by atoms with Gasteiger partial charge in [-0.05, 0) is 48.2 Å². The van der Waals surface area contributed by atoms with E-state index in [9.17, 15) is 14.4 Å². The Hall–Kier alpha value is -3.39. The van der Waals surface area contributed by atoms with Crippen molar-refractivity contribution < 1.29 is 24.2 Å². The van der Waals surface area contributed by atoms with E-state index in [1.165, 1.54) is 0 Å². The third kappa shape index (κ3) is 5.48. The van der Waals surface area contributed by atoms with Crippen molar-refractivity contribution in [3.8, 4) is 11.1 Å². The van der Waals surface area contributed by atoms with Gasteiger partial charge in [0.15, 0.2) is 0 Å². The van der Waals surface area contributed by atoms with E-state index in [1.54, 1.807) is 4.90 Å². The number of likely N-dealkylation sites (tertiary alicyclic amines) is 1. The summed E-state index contributed by atoms with van der Waals surface area (Å²) in [6.07, 6.45) is -0.607. The molecule has 2 amide bonds. The van der Waals surface area contributed by atoms with Gasteiger partial charge >= 0.3 is 12.1 Å². The summed E-state index contributed by atoms with van der Waals surface area (Å²) in [5.74, 6) is -1.15. The first-order valence-electron chi connectivity index (χ1n) is 12.0. The van der Waals surface area contributed by atoms with Gasteiger partial charge in [0, 0.05) is 25.6 Å². The number of rotatable bonds is 8. The highest BCUT2D eigenvalue weighted by molar-refractivity contribution is 5.86. The van der Waals surface area contributed by atoms with Gasteiger partial charge in [-0.15, -0.1) is 0 Å². The number of nitrogens with zero attached hydrogens (tertiary/aromatic N) is 2. The van der Waals surface area contributed by atoms with Gasteiger partial charge in [0.05, 0.1) is 6.42 Å². The molecule has 0 spiro atoms. The molecule has 3 atom stereocenters. The molecule has 2 aromatic carbocycles. The van der Waals surface area contributed by atoms with Gasteiger partial charge in [0.1, 0.15) is 12.6 Å². The Balaban J connectivity index is 1.41. The number of hydrogen-bond donors (Lipinski definition) is 2. The SMILES string of the molecule is C[C@@H]1CN(C(=O)[C@H](CN(C)C)NC(=O)OCC2c3ccccc3-c3ccccc32)C[C@H]1CC(=O)O. The predicted molar refractivity (Wildman–Crippen MR) is 132 cm³/mol. The molecule has 1 heterocycles. The molecule has 2 aliphatic rings. The van der Waals surface area contributed by atoms with E-state index in [4.69, 9.17) is 9.84 Å². The zero-order valence-electron chi connectivity index (χ0n) is 20.4. The Labute approximate surface area is 205 Å². The number of benzene rings is 2. The molecule has 0 aromatic heterocycles. The van der Waals surface area contributed by atoms with E-state index in [1.807, 2.05) is 50.2 Å². The molecule has 4 rings (SSSR count). The zero-order chi connectivity index (χ0) is 25.1. The molecule has 1 aliphatic heterocycles. The summed E-state index contributed by atoms with van der Waals surface area (Å²) in [5.41, 5.74) is 4.55. The Kier molecular flexibility index (Phi) is 7.40. The van der Waals surface area contributed by atoms with Crippen LogP contribution in [0.3, 0.4) is 0 Å². The molecule has 0 saturated carbocycles. The predicted octanol–water partition coefficient (Wildman–Crippen LogP) is 3.02. The molecular weight excluding hydrogens is 446 g/mol. The van der Waals surface area contributed by atoms with Gasteiger partial charge in [-0.3, -0.25) is 9.59 Å². The number of carboxylic acid groups (broad SMARTS) is 1. The summed E-state index contributed by atoms with van der Waals surface area (Å²) in [7, 11) is 3.67. The van der Waals surface area contributed by atoms with E-state index in [-0.39, 0.29) is 36.7 Å². The lowest BCUT2D eigenvalue weighted by Crippen LogP contribution is -2.52. The standard InChI is InChI=1S/C27H33N3O5/c1-17-13-30(14-18(17)12-25(31)32)26(33)24(15-29(2)3)28-27(34)35-16-23-21-10-6-4-8-19(21)20-9-5-7-11-22(20)23/h4-11,17-18,23-24H,12-16H2,1-3H3,(H,28,34)(H,31,32)/t17-,18-,24+/m1/s1. The van der Waals surface area contributed by atoms with Crippen molar-refractivity contribution in [2.24, 2.45) is 11.8 Å². The largest absolute Gasteiger partial charge is 0.481 e. The molecule has 186 valence electrons. The fraction of sp³-hybridized carbons (Fsp3) is 0.444. The lowest BCUT2D eigenvalue weighted by atomic mass is 9.95. The molecule has 35 heavy (non-hydrogen) atoms. The number of likely N-dealkylation sites (N-methyl/N-ethyl adjacent to an activating group) is 1. The first-order chi connectivity index (χ1) is 16.7. The van der Waals surface area contributed by atoms with Crippen LogP contribution < -0.4 is 5.32 Å². The third-order valence-electron chi connectivity index (χ3n) is 7.00. The van der Waals surface area contributed by atoms with Crippen LogP contribution in [-0.4, -0.2) is 79.3 Å². The molecule has 1 fully saturated rings. The Bertz CT molecular complexity index is 1060. The van der Waals surface area contributed by atoms with E-state index >= 15 is 0 Å². The van der Waals surface area contributed by atoms with E-state index in [0.29, 0.717) is 19.6 Å². The number of fused-ring (bicyclic) bond motifs is 3. The maximum Gasteiger partial charge on any atom is 0.407 e. The molecule has 8 heteroatoms. The Morgan fingerprint density at radius 1 is 1.06 bits per heavy atom. The second-order valence-electron chi connectivity index (χ2n) is 9.86. The number of aliphatic carboxylic acids is 1. The minimum atomic E-state index is -0.863. The van der Waals surface area contributed by atoms with Crippen LogP contribution in [0.15, 0.2) is 48.5 Å². The quantitative estimate of drug-likeness (QED) is 0.604. The van der Waals surface area contributed by atoms with Gasteiger partial charge in [0.25, 0.3) is 0 Å². The molecule has 1 saturated heterocycles. The highest BCUT2D eigenvalue weighted by Crippen LogP contribution is 2.44. The lowest BCUT2D eigenvalue weighted by molar-refractivity contribution is -0.139. The second kappa shape index (κ2) is 10.5. The van der Waals surface area contributed by atoms with Crippen molar-refractivity contribution in [3.05, 3.63) is 59.7 Å². The summed E-state index contributed by atoms with van der Waals surface area (Å²) in [6, 6.07) is 15.5. The van der Waals surface area contributed by atoms with E-state index < -0.39 is 18.1 Å². The molecule has 0 unspecified atom stereocenters. The van der Waals surface area contributed by atoms with Crippen LogP contribution in [0.25, 0.3) is 11.1 Å². The molecule has 8 nitrogen and oxygen atoms in total. The van der Waals surface area contributed by atoms with Gasteiger partial charge in [0.2, 0.25) is 5.91 Å². The Morgan fingerprint density at radius 2 is 1.66 bits per heavy atom.